The van der Waals surface area contributed by atoms with E-state index in [-0.39, 0.29) is 12.1 Å². The van der Waals surface area contributed by atoms with Crippen LogP contribution in [0.5, 0.6) is 0 Å². The van der Waals surface area contributed by atoms with Gasteiger partial charge < -0.3 is 15.0 Å². The SMILES string of the molecule is Cc1ccc(NC(=O)N2CCO[C@H](c3ccccc3)C2)c(C)n1. The molecule has 1 aromatic carbocycles. The molecule has 1 saturated heterocycles. The molecule has 1 aliphatic rings. The number of hydrogen-bond donors (Lipinski definition) is 1. The number of nitrogens with zero attached hydrogens (tertiary/aromatic N) is 2. The average molecular weight is 311 g/mol. The molecule has 0 radical (unpaired) electrons. The zero-order chi connectivity index (χ0) is 16.2. The molecule has 1 fully saturated rings. The minimum atomic E-state index is -0.108. The van der Waals surface area contributed by atoms with Crippen LogP contribution in [0.1, 0.15) is 23.1 Å². The quantitative estimate of drug-likeness (QED) is 0.926. The maximum Gasteiger partial charge on any atom is 0.322 e. The Labute approximate surface area is 136 Å². The van der Waals surface area contributed by atoms with Crippen LogP contribution in [0.4, 0.5) is 10.5 Å². The molecule has 23 heavy (non-hydrogen) atoms. The number of aromatic nitrogens is 1. The van der Waals surface area contributed by atoms with E-state index in [1.807, 2.05) is 56.3 Å². The highest BCUT2D eigenvalue weighted by Crippen LogP contribution is 2.22. The van der Waals surface area contributed by atoms with E-state index < -0.39 is 0 Å². The Morgan fingerprint density at radius 1 is 1.22 bits per heavy atom. The molecule has 0 aliphatic carbocycles. The highest BCUT2D eigenvalue weighted by molar-refractivity contribution is 5.90. The second kappa shape index (κ2) is 6.79. The summed E-state index contributed by atoms with van der Waals surface area (Å²) in [6.45, 7) is 5.51. The van der Waals surface area contributed by atoms with Crippen molar-refractivity contribution in [2.45, 2.75) is 20.0 Å². The summed E-state index contributed by atoms with van der Waals surface area (Å²) in [7, 11) is 0. The second-order valence-electron chi connectivity index (χ2n) is 5.73. The fourth-order valence-electron chi connectivity index (χ4n) is 2.72. The number of ether oxygens (including phenoxy) is 1. The molecule has 1 aromatic heterocycles. The van der Waals surface area contributed by atoms with E-state index >= 15 is 0 Å². The number of carbonyl (C=O) groups excluding carboxylic acids is 1. The van der Waals surface area contributed by atoms with E-state index in [2.05, 4.69) is 10.3 Å². The molecule has 5 heteroatoms. The number of urea groups is 1. The average Bonchev–Trinajstić information content (AvgIpc) is 2.58. The Kier molecular flexibility index (Phi) is 4.57. The van der Waals surface area contributed by atoms with Crippen molar-refractivity contribution in [2.24, 2.45) is 0 Å². The Balaban J connectivity index is 1.67. The molecule has 120 valence electrons. The number of nitrogens with one attached hydrogen (secondary N) is 1. The largest absolute Gasteiger partial charge is 0.370 e. The Hall–Kier alpha value is -2.40. The van der Waals surface area contributed by atoms with Crippen molar-refractivity contribution in [3.63, 3.8) is 0 Å². The summed E-state index contributed by atoms with van der Waals surface area (Å²) in [5, 5.41) is 2.95. The van der Waals surface area contributed by atoms with Crippen LogP contribution in [-0.4, -0.2) is 35.6 Å². The standard InChI is InChI=1S/C18H21N3O2/c1-13-8-9-16(14(2)19-13)20-18(22)21-10-11-23-17(12-21)15-6-4-3-5-7-15/h3-9,17H,10-12H2,1-2H3,(H,20,22)/t17-/m0/s1. The predicted octanol–water partition coefficient (Wildman–Crippen LogP) is 3.30. The van der Waals surface area contributed by atoms with Gasteiger partial charge >= 0.3 is 6.03 Å². The van der Waals surface area contributed by atoms with Crippen molar-refractivity contribution >= 4 is 11.7 Å². The third kappa shape index (κ3) is 3.68. The van der Waals surface area contributed by atoms with Crippen LogP contribution in [0.25, 0.3) is 0 Å². The number of morpholine rings is 1. The van der Waals surface area contributed by atoms with Crippen molar-refractivity contribution < 1.29 is 9.53 Å². The molecule has 5 nitrogen and oxygen atoms in total. The van der Waals surface area contributed by atoms with Crippen molar-refractivity contribution in [3.8, 4) is 0 Å². The van der Waals surface area contributed by atoms with Gasteiger partial charge in [0, 0.05) is 12.2 Å². The van der Waals surface area contributed by atoms with Gasteiger partial charge in [0.05, 0.1) is 24.5 Å². The number of hydrogen-bond acceptors (Lipinski definition) is 3. The van der Waals surface area contributed by atoms with Crippen LogP contribution in [0.15, 0.2) is 42.5 Å². The van der Waals surface area contributed by atoms with E-state index in [9.17, 15) is 4.79 Å². The molecule has 3 rings (SSSR count). The number of carbonyl (C=O) groups is 1. The van der Waals surface area contributed by atoms with Gasteiger partial charge in [-0.15, -0.1) is 0 Å². The molecule has 1 aliphatic heterocycles. The fraction of sp³-hybridized carbons (Fsp3) is 0.333. The van der Waals surface area contributed by atoms with Gasteiger partial charge in [0.15, 0.2) is 0 Å². The number of benzene rings is 1. The molecule has 2 heterocycles. The molecule has 2 aromatic rings. The summed E-state index contributed by atoms with van der Waals surface area (Å²) in [5.74, 6) is 0. The van der Waals surface area contributed by atoms with Gasteiger partial charge in [-0.25, -0.2) is 4.79 Å². The van der Waals surface area contributed by atoms with Crippen LogP contribution >= 0.6 is 0 Å². The first-order chi connectivity index (χ1) is 11.1. The van der Waals surface area contributed by atoms with Crippen LogP contribution in [0.2, 0.25) is 0 Å². The first kappa shape index (κ1) is 15.5. The Morgan fingerprint density at radius 3 is 2.74 bits per heavy atom. The van der Waals surface area contributed by atoms with Gasteiger partial charge in [0.1, 0.15) is 6.10 Å². The van der Waals surface area contributed by atoms with Gasteiger partial charge in [0.2, 0.25) is 0 Å². The summed E-state index contributed by atoms with van der Waals surface area (Å²) in [4.78, 5) is 18.7. The van der Waals surface area contributed by atoms with Crippen molar-refractivity contribution in [2.75, 3.05) is 25.0 Å². The monoisotopic (exact) mass is 311 g/mol. The lowest BCUT2D eigenvalue weighted by molar-refractivity contribution is -0.0135. The van der Waals surface area contributed by atoms with Gasteiger partial charge in [-0.3, -0.25) is 4.98 Å². The minimum Gasteiger partial charge on any atom is -0.370 e. The Bertz CT molecular complexity index is 688. The number of amides is 2. The normalized spacial score (nSPS) is 17.8. The second-order valence-corrected chi connectivity index (χ2v) is 5.73. The van der Waals surface area contributed by atoms with Crippen molar-refractivity contribution in [1.82, 2.24) is 9.88 Å². The molecule has 0 bridgehead atoms. The molecule has 0 unspecified atom stereocenters. The van der Waals surface area contributed by atoms with Crippen LogP contribution in [0, 0.1) is 13.8 Å². The summed E-state index contributed by atoms with van der Waals surface area (Å²) < 4.78 is 5.80. The Morgan fingerprint density at radius 2 is 2.00 bits per heavy atom. The zero-order valence-electron chi connectivity index (χ0n) is 13.5. The van der Waals surface area contributed by atoms with Crippen LogP contribution in [-0.2, 0) is 4.74 Å². The topological polar surface area (TPSA) is 54.5 Å². The molecule has 1 N–H and O–H groups in total. The molecule has 1 atom stereocenters. The highest BCUT2D eigenvalue weighted by Gasteiger charge is 2.25. The van der Waals surface area contributed by atoms with Crippen molar-refractivity contribution in [3.05, 3.63) is 59.4 Å². The third-order valence-corrected chi connectivity index (χ3v) is 3.99. The van der Waals surface area contributed by atoms with E-state index in [0.717, 1.165) is 22.6 Å². The third-order valence-electron chi connectivity index (χ3n) is 3.99. The fourth-order valence-corrected chi connectivity index (χ4v) is 2.72. The molecule has 0 saturated carbocycles. The van der Waals surface area contributed by atoms with Gasteiger partial charge in [-0.1, -0.05) is 30.3 Å². The lowest BCUT2D eigenvalue weighted by atomic mass is 10.1. The zero-order valence-corrected chi connectivity index (χ0v) is 13.5. The molecular formula is C18H21N3O2. The number of aryl methyl sites for hydroxylation is 2. The number of rotatable bonds is 2. The number of anilines is 1. The smallest absolute Gasteiger partial charge is 0.322 e. The van der Waals surface area contributed by atoms with Gasteiger partial charge in [-0.05, 0) is 31.5 Å². The summed E-state index contributed by atoms with van der Waals surface area (Å²) >= 11 is 0. The lowest BCUT2D eigenvalue weighted by Gasteiger charge is -2.33. The summed E-state index contributed by atoms with van der Waals surface area (Å²) in [6.07, 6.45) is -0.0760. The summed E-state index contributed by atoms with van der Waals surface area (Å²) in [5.41, 5.74) is 3.61. The van der Waals surface area contributed by atoms with Gasteiger partial charge in [0.25, 0.3) is 0 Å². The molecule has 2 amide bonds. The van der Waals surface area contributed by atoms with E-state index in [1.165, 1.54) is 0 Å². The maximum absolute atomic E-state index is 12.5. The van der Waals surface area contributed by atoms with E-state index in [1.54, 1.807) is 4.90 Å². The minimum absolute atomic E-state index is 0.0760. The predicted molar refractivity (Wildman–Crippen MR) is 89.4 cm³/mol. The highest BCUT2D eigenvalue weighted by atomic mass is 16.5. The van der Waals surface area contributed by atoms with Crippen LogP contribution in [0.3, 0.4) is 0 Å². The van der Waals surface area contributed by atoms with E-state index in [4.69, 9.17) is 4.74 Å². The van der Waals surface area contributed by atoms with Crippen molar-refractivity contribution in [1.29, 1.82) is 0 Å². The molecule has 0 spiro atoms. The first-order valence-corrected chi connectivity index (χ1v) is 7.80. The van der Waals surface area contributed by atoms with E-state index in [0.29, 0.717) is 19.7 Å². The lowest BCUT2D eigenvalue weighted by Crippen LogP contribution is -2.44. The van der Waals surface area contributed by atoms with Crippen LogP contribution < -0.4 is 5.32 Å². The first-order valence-electron chi connectivity index (χ1n) is 7.80. The maximum atomic E-state index is 12.5. The molecular weight excluding hydrogens is 290 g/mol. The number of pyridine rings is 1. The summed E-state index contributed by atoms with van der Waals surface area (Å²) in [6, 6.07) is 13.7. The van der Waals surface area contributed by atoms with Gasteiger partial charge in [-0.2, -0.15) is 0 Å².